The van der Waals surface area contributed by atoms with Gasteiger partial charge in [0.25, 0.3) is 0 Å². The van der Waals surface area contributed by atoms with Crippen LogP contribution in [0.25, 0.3) is 0 Å². The van der Waals surface area contributed by atoms with E-state index in [1.807, 2.05) is 0 Å². The number of ether oxygens (including phenoxy) is 1. The van der Waals surface area contributed by atoms with E-state index >= 15 is 0 Å². The molecule has 3 heterocycles. The molecule has 174 valence electrons. The van der Waals surface area contributed by atoms with Crippen LogP contribution in [0.5, 0.6) is 0 Å². The second-order valence-electron chi connectivity index (χ2n) is 9.31. The maximum atomic E-state index is 13.8. The number of carbonyl (C=O) groups excluding carboxylic acids is 2. The van der Waals surface area contributed by atoms with Crippen LogP contribution in [0.15, 0.2) is 12.7 Å². The Kier molecular flexibility index (Phi) is 7.11. The number of amides is 2. The van der Waals surface area contributed by atoms with Crippen LogP contribution in [0.4, 0.5) is 0 Å². The fourth-order valence-electron chi connectivity index (χ4n) is 5.89. The quantitative estimate of drug-likeness (QED) is 0.357. The van der Waals surface area contributed by atoms with Gasteiger partial charge in [0.1, 0.15) is 11.6 Å². The van der Waals surface area contributed by atoms with Crippen LogP contribution in [0.2, 0.25) is 0 Å². The zero-order valence-corrected chi connectivity index (χ0v) is 18.7. The molecular formula is C23H36N2O6. The predicted octanol–water partition coefficient (Wildman–Crippen LogP) is 1.81. The second kappa shape index (κ2) is 9.28. The molecule has 2 bridgehead atoms. The van der Waals surface area contributed by atoms with Gasteiger partial charge in [-0.15, -0.1) is 6.58 Å². The number of aliphatic hydroxyl groups is 1. The molecule has 0 radical (unpaired) electrons. The van der Waals surface area contributed by atoms with Crippen molar-refractivity contribution in [3.8, 4) is 0 Å². The molecule has 0 aliphatic carbocycles. The Balaban J connectivity index is 1.97. The summed E-state index contributed by atoms with van der Waals surface area (Å²) in [6.07, 6.45) is 6.62. The molecule has 0 saturated carbocycles. The molecule has 5 atom stereocenters. The molecule has 3 aliphatic rings. The Hall–Kier alpha value is -1.93. The van der Waals surface area contributed by atoms with Crippen LogP contribution < -0.4 is 0 Å². The van der Waals surface area contributed by atoms with Gasteiger partial charge >= 0.3 is 5.97 Å². The van der Waals surface area contributed by atoms with Gasteiger partial charge in [0.05, 0.1) is 17.4 Å². The molecular weight excluding hydrogens is 400 g/mol. The number of aliphatic hydroxyl groups excluding tert-OH is 1. The summed E-state index contributed by atoms with van der Waals surface area (Å²) in [6, 6.07) is -0.837. The molecule has 0 aromatic heterocycles. The largest absolute Gasteiger partial charge is 0.481 e. The third kappa shape index (κ3) is 3.89. The lowest BCUT2D eigenvalue weighted by molar-refractivity contribution is -0.156. The van der Waals surface area contributed by atoms with E-state index in [9.17, 15) is 24.6 Å². The van der Waals surface area contributed by atoms with Crippen LogP contribution >= 0.6 is 0 Å². The van der Waals surface area contributed by atoms with E-state index in [0.717, 1.165) is 19.3 Å². The topological polar surface area (TPSA) is 107 Å². The van der Waals surface area contributed by atoms with Gasteiger partial charge in [-0.1, -0.05) is 25.8 Å². The Labute approximate surface area is 184 Å². The molecule has 1 spiro atoms. The average molecular weight is 437 g/mol. The van der Waals surface area contributed by atoms with Crippen molar-refractivity contribution in [2.24, 2.45) is 11.8 Å². The number of carboxylic acids is 1. The molecule has 3 fully saturated rings. The molecule has 0 aromatic rings. The van der Waals surface area contributed by atoms with Gasteiger partial charge in [-0.05, 0) is 39.0 Å². The highest BCUT2D eigenvalue weighted by Gasteiger charge is 2.78. The van der Waals surface area contributed by atoms with Crippen molar-refractivity contribution in [1.82, 2.24) is 9.80 Å². The van der Waals surface area contributed by atoms with E-state index in [1.165, 1.54) is 0 Å². The van der Waals surface area contributed by atoms with Gasteiger partial charge in [-0.25, -0.2) is 0 Å². The number of unbranched alkanes of at least 4 members (excludes halogenated alkanes) is 3. The third-order valence-corrected chi connectivity index (χ3v) is 7.28. The van der Waals surface area contributed by atoms with E-state index in [1.54, 1.807) is 22.8 Å². The van der Waals surface area contributed by atoms with Crippen LogP contribution in [-0.2, 0) is 19.1 Å². The van der Waals surface area contributed by atoms with Crippen molar-refractivity contribution in [1.29, 1.82) is 0 Å². The Morgan fingerprint density at radius 2 is 2.03 bits per heavy atom. The number of aliphatic carboxylic acids is 1. The van der Waals surface area contributed by atoms with Gasteiger partial charge in [0, 0.05) is 26.2 Å². The highest BCUT2D eigenvalue weighted by molar-refractivity contribution is 5.98. The lowest BCUT2D eigenvalue weighted by atomic mass is 9.66. The first-order chi connectivity index (χ1) is 14.8. The van der Waals surface area contributed by atoms with Crippen molar-refractivity contribution in [2.75, 3.05) is 26.2 Å². The number of fused-ring (bicyclic) bond motifs is 1. The average Bonchev–Trinajstić information content (AvgIpc) is 3.28. The highest BCUT2D eigenvalue weighted by atomic mass is 16.5. The second-order valence-corrected chi connectivity index (χ2v) is 9.31. The molecule has 8 heteroatoms. The first-order valence-corrected chi connectivity index (χ1v) is 11.5. The Morgan fingerprint density at radius 3 is 2.65 bits per heavy atom. The van der Waals surface area contributed by atoms with Crippen molar-refractivity contribution in [3.05, 3.63) is 12.7 Å². The van der Waals surface area contributed by atoms with Gasteiger partial charge in [-0.3, -0.25) is 14.4 Å². The molecule has 2 N–H and O–H groups in total. The molecule has 2 unspecified atom stereocenters. The fraction of sp³-hybridized carbons (Fsp3) is 0.783. The first-order valence-electron chi connectivity index (χ1n) is 11.5. The number of rotatable bonds is 12. The van der Waals surface area contributed by atoms with E-state index in [0.29, 0.717) is 45.3 Å². The van der Waals surface area contributed by atoms with Gasteiger partial charge < -0.3 is 24.7 Å². The van der Waals surface area contributed by atoms with Crippen LogP contribution in [0, 0.1) is 11.8 Å². The molecule has 31 heavy (non-hydrogen) atoms. The van der Waals surface area contributed by atoms with Crippen molar-refractivity contribution >= 4 is 17.8 Å². The smallest absolute Gasteiger partial charge is 0.310 e. The number of carbonyl (C=O) groups is 3. The lowest BCUT2D eigenvalue weighted by Crippen LogP contribution is -2.56. The maximum Gasteiger partial charge on any atom is 0.310 e. The zero-order chi connectivity index (χ0) is 22.8. The lowest BCUT2D eigenvalue weighted by Gasteiger charge is -2.37. The summed E-state index contributed by atoms with van der Waals surface area (Å²) in [5.74, 6) is -3.35. The summed E-state index contributed by atoms with van der Waals surface area (Å²) in [5, 5.41) is 19.1. The number of likely N-dealkylation sites (tertiary alicyclic amines) is 1. The van der Waals surface area contributed by atoms with Crippen LogP contribution in [0.3, 0.4) is 0 Å². The number of hydrogen-bond donors (Lipinski definition) is 2. The van der Waals surface area contributed by atoms with Crippen LogP contribution in [-0.4, -0.2) is 81.3 Å². The molecule has 3 aliphatic heterocycles. The van der Waals surface area contributed by atoms with E-state index in [-0.39, 0.29) is 18.4 Å². The third-order valence-electron chi connectivity index (χ3n) is 7.28. The van der Waals surface area contributed by atoms with Gasteiger partial charge in [0.2, 0.25) is 11.8 Å². The normalized spacial score (nSPS) is 33.6. The molecule has 3 rings (SSSR count). The zero-order valence-electron chi connectivity index (χ0n) is 18.7. The minimum atomic E-state index is -1.10. The van der Waals surface area contributed by atoms with Gasteiger partial charge in [-0.2, -0.15) is 0 Å². The summed E-state index contributed by atoms with van der Waals surface area (Å²) in [6.45, 7) is 8.87. The van der Waals surface area contributed by atoms with Crippen LogP contribution in [0.1, 0.15) is 58.8 Å². The molecule has 3 saturated heterocycles. The minimum Gasteiger partial charge on any atom is -0.481 e. The monoisotopic (exact) mass is 436 g/mol. The Bertz CT molecular complexity index is 727. The fourth-order valence-corrected chi connectivity index (χ4v) is 5.89. The van der Waals surface area contributed by atoms with Crippen molar-refractivity contribution in [3.63, 3.8) is 0 Å². The summed E-state index contributed by atoms with van der Waals surface area (Å²) in [5.41, 5.74) is -2.04. The van der Waals surface area contributed by atoms with Crippen molar-refractivity contribution < 1.29 is 29.3 Å². The SMILES string of the molecule is C=CCN(CCCCC)C(=O)C1N(CCCCO)C(=O)[C@@H]2[C@@H](C(=O)O)[C@@]3(C)CCC12O3. The number of hydrogen-bond acceptors (Lipinski definition) is 5. The predicted molar refractivity (Wildman–Crippen MR) is 114 cm³/mol. The Morgan fingerprint density at radius 1 is 1.29 bits per heavy atom. The van der Waals surface area contributed by atoms with E-state index < -0.39 is 35.0 Å². The highest BCUT2D eigenvalue weighted by Crippen LogP contribution is 2.63. The number of carboxylic acid groups (broad SMARTS) is 1. The molecule has 2 amide bonds. The van der Waals surface area contributed by atoms with E-state index in [2.05, 4.69) is 13.5 Å². The standard InChI is InChI=1S/C23H36N2O6/c1-4-6-7-13-24(12-5-2)20(28)18-23-11-10-22(3,31-23)17(21(29)30)16(23)19(27)25(18)14-8-9-15-26/h5,16-18,26H,2,4,6-15H2,1,3H3,(H,29,30)/t16-,17-,18?,22+,23?/m0/s1. The summed E-state index contributed by atoms with van der Waals surface area (Å²) in [7, 11) is 0. The number of nitrogens with zero attached hydrogens (tertiary/aromatic N) is 2. The summed E-state index contributed by atoms with van der Waals surface area (Å²) in [4.78, 5) is 42.8. The maximum absolute atomic E-state index is 13.8. The minimum absolute atomic E-state index is 0.00113. The molecule has 0 aromatic carbocycles. The van der Waals surface area contributed by atoms with E-state index in [4.69, 9.17) is 4.74 Å². The van der Waals surface area contributed by atoms with Gasteiger partial charge in [0.15, 0.2) is 0 Å². The first kappa shape index (κ1) is 23.7. The molecule has 8 nitrogen and oxygen atoms in total. The summed E-state index contributed by atoms with van der Waals surface area (Å²) >= 11 is 0. The van der Waals surface area contributed by atoms with Crippen molar-refractivity contribution in [2.45, 2.75) is 76.0 Å². The summed E-state index contributed by atoms with van der Waals surface area (Å²) < 4.78 is 6.37.